The first-order chi connectivity index (χ1) is 13.5. The van der Waals surface area contributed by atoms with Crippen LogP contribution in [0.25, 0.3) is 6.08 Å². The van der Waals surface area contributed by atoms with Crippen LogP contribution in [0.2, 0.25) is 0 Å². The van der Waals surface area contributed by atoms with E-state index in [1.165, 1.54) is 6.08 Å². The van der Waals surface area contributed by atoms with Crippen molar-refractivity contribution in [1.29, 1.82) is 0 Å². The Morgan fingerprint density at radius 1 is 1.14 bits per heavy atom. The van der Waals surface area contributed by atoms with Crippen molar-refractivity contribution in [2.45, 2.75) is 13.3 Å². The number of carbonyl (C=O) groups excluding carboxylic acids is 2. The summed E-state index contributed by atoms with van der Waals surface area (Å²) < 4.78 is 16.7. The number of nitrogens with one attached hydrogen (secondary N) is 1. The first kappa shape index (κ1) is 19.9. The van der Waals surface area contributed by atoms with E-state index in [0.717, 1.165) is 15.6 Å². The van der Waals surface area contributed by atoms with Crippen LogP contribution in [0, 0.1) is 0 Å². The topological polar surface area (TPSA) is 73.9 Å². The molecule has 2 aromatic rings. The monoisotopic (exact) mass is 445 g/mol. The highest BCUT2D eigenvalue weighted by Crippen LogP contribution is 2.35. The number of carbonyl (C=O) groups is 2. The van der Waals surface area contributed by atoms with E-state index in [-0.39, 0.29) is 18.3 Å². The molecule has 1 aliphatic rings. The molecule has 3 rings (SSSR count). The van der Waals surface area contributed by atoms with Crippen molar-refractivity contribution >= 4 is 39.6 Å². The maximum absolute atomic E-state index is 12.4. The zero-order chi connectivity index (χ0) is 19.9. The second-order valence-electron chi connectivity index (χ2n) is 6.02. The first-order valence-electron chi connectivity index (χ1n) is 8.88. The van der Waals surface area contributed by atoms with E-state index in [0.29, 0.717) is 37.0 Å². The maximum atomic E-state index is 12.4. The molecule has 0 bridgehead atoms. The van der Waals surface area contributed by atoms with Gasteiger partial charge in [-0.1, -0.05) is 28.1 Å². The molecular formula is C21H20BrNO5. The van der Waals surface area contributed by atoms with Crippen LogP contribution in [0.5, 0.6) is 11.5 Å². The predicted octanol–water partition coefficient (Wildman–Crippen LogP) is 3.98. The van der Waals surface area contributed by atoms with Gasteiger partial charge in [-0.15, -0.1) is 0 Å². The molecule has 7 heteroatoms. The molecule has 1 N–H and O–H groups in total. The number of hydrogen-bond donors (Lipinski definition) is 1. The Labute approximate surface area is 171 Å². The van der Waals surface area contributed by atoms with Gasteiger partial charge in [-0.3, -0.25) is 4.79 Å². The summed E-state index contributed by atoms with van der Waals surface area (Å²) >= 11 is 3.48. The predicted molar refractivity (Wildman–Crippen MR) is 110 cm³/mol. The quantitative estimate of drug-likeness (QED) is 0.537. The molecule has 6 nitrogen and oxygen atoms in total. The van der Waals surface area contributed by atoms with Gasteiger partial charge in [0.25, 0.3) is 0 Å². The van der Waals surface area contributed by atoms with E-state index >= 15 is 0 Å². The third-order valence-corrected chi connectivity index (χ3v) is 4.69. The fourth-order valence-corrected chi connectivity index (χ4v) is 3.11. The smallest absolute Gasteiger partial charge is 0.330 e. The Morgan fingerprint density at radius 2 is 1.82 bits per heavy atom. The minimum atomic E-state index is -0.384. The molecule has 0 aliphatic carbocycles. The van der Waals surface area contributed by atoms with Gasteiger partial charge in [-0.2, -0.15) is 0 Å². The number of halogens is 1. The minimum Gasteiger partial charge on any atom is -0.486 e. The van der Waals surface area contributed by atoms with Crippen LogP contribution >= 0.6 is 15.9 Å². The summed E-state index contributed by atoms with van der Waals surface area (Å²) in [5.41, 5.74) is 2.32. The average molecular weight is 446 g/mol. The van der Waals surface area contributed by atoms with E-state index < -0.39 is 0 Å². The average Bonchev–Trinajstić information content (AvgIpc) is 2.68. The molecular weight excluding hydrogens is 426 g/mol. The van der Waals surface area contributed by atoms with E-state index in [1.54, 1.807) is 25.1 Å². The minimum absolute atomic E-state index is 0.146. The second-order valence-corrected chi connectivity index (χ2v) is 6.87. The summed E-state index contributed by atoms with van der Waals surface area (Å²) in [5.74, 6) is 0.792. The van der Waals surface area contributed by atoms with Gasteiger partial charge < -0.3 is 19.5 Å². The van der Waals surface area contributed by atoms with Gasteiger partial charge in [0.05, 0.1) is 13.0 Å². The standard InChI is InChI=1S/C21H20BrNO5/c1-2-26-21(25)8-5-14-3-6-16(7-4-14)23-20(24)12-15-11-18-19(13-17(15)22)28-10-9-27-18/h3-8,11,13H,2,9-10,12H2,1H3,(H,23,24)/b8-5+. The summed E-state index contributed by atoms with van der Waals surface area (Å²) in [6, 6.07) is 10.8. The molecule has 2 aromatic carbocycles. The molecule has 146 valence electrons. The van der Waals surface area contributed by atoms with Crippen LogP contribution in [-0.4, -0.2) is 31.7 Å². The van der Waals surface area contributed by atoms with Crippen molar-refractivity contribution in [2.24, 2.45) is 0 Å². The number of anilines is 1. The fourth-order valence-electron chi connectivity index (χ4n) is 2.65. The molecule has 0 fully saturated rings. The Hall–Kier alpha value is -2.80. The molecule has 0 unspecified atom stereocenters. The third kappa shape index (κ3) is 5.36. The number of rotatable bonds is 6. The summed E-state index contributed by atoms with van der Waals surface area (Å²) in [7, 11) is 0. The molecule has 1 aliphatic heterocycles. The Bertz CT molecular complexity index is 892. The number of benzene rings is 2. The van der Waals surface area contributed by atoms with Crippen LogP contribution < -0.4 is 14.8 Å². The molecule has 0 saturated carbocycles. The van der Waals surface area contributed by atoms with Gasteiger partial charge in [0.2, 0.25) is 5.91 Å². The van der Waals surface area contributed by atoms with Crippen molar-refractivity contribution in [1.82, 2.24) is 0 Å². The molecule has 0 saturated heterocycles. The molecule has 0 atom stereocenters. The van der Waals surface area contributed by atoms with Crippen molar-refractivity contribution in [3.8, 4) is 11.5 Å². The van der Waals surface area contributed by atoms with Gasteiger partial charge in [-0.05, 0) is 48.4 Å². The number of ether oxygens (including phenoxy) is 3. The zero-order valence-corrected chi connectivity index (χ0v) is 17.0. The zero-order valence-electron chi connectivity index (χ0n) is 15.4. The second kappa shape index (κ2) is 9.41. The lowest BCUT2D eigenvalue weighted by atomic mass is 10.1. The Balaban J connectivity index is 1.60. The fraction of sp³-hybridized carbons (Fsp3) is 0.238. The normalized spacial score (nSPS) is 12.6. The number of amides is 1. The van der Waals surface area contributed by atoms with Crippen LogP contribution in [-0.2, 0) is 20.7 Å². The first-order valence-corrected chi connectivity index (χ1v) is 9.67. The number of fused-ring (bicyclic) bond motifs is 1. The molecule has 28 heavy (non-hydrogen) atoms. The van der Waals surface area contributed by atoms with Crippen LogP contribution in [0.4, 0.5) is 5.69 Å². The van der Waals surface area contributed by atoms with Crippen molar-refractivity contribution in [3.05, 3.63) is 58.1 Å². The van der Waals surface area contributed by atoms with E-state index in [9.17, 15) is 9.59 Å². The van der Waals surface area contributed by atoms with Gasteiger partial charge >= 0.3 is 5.97 Å². The lowest BCUT2D eigenvalue weighted by Crippen LogP contribution is -2.17. The highest BCUT2D eigenvalue weighted by atomic mass is 79.9. The largest absolute Gasteiger partial charge is 0.486 e. The van der Waals surface area contributed by atoms with Gasteiger partial charge in [0.15, 0.2) is 11.5 Å². The highest BCUT2D eigenvalue weighted by Gasteiger charge is 2.16. The van der Waals surface area contributed by atoms with Crippen LogP contribution in [0.3, 0.4) is 0 Å². The van der Waals surface area contributed by atoms with E-state index in [1.807, 2.05) is 24.3 Å². The van der Waals surface area contributed by atoms with Gasteiger partial charge in [0, 0.05) is 16.2 Å². The summed E-state index contributed by atoms with van der Waals surface area (Å²) in [4.78, 5) is 23.7. The molecule has 1 heterocycles. The Morgan fingerprint density at radius 3 is 2.50 bits per heavy atom. The van der Waals surface area contributed by atoms with E-state index in [2.05, 4.69) is 21.2 Å². The van der Waals surface area contributed by atoms with Crippen LogP contribution in [0.1, 0.15) is 18.1 Å². The maximum Gasteiger partial charge on any atom is 0.330 e. The SMILES string of the molecule is CCOC(=O)/C=C/c1ccc(NC(=O)Cc2cc3c(cc2Br)OCCO3)cc1. The molecule has 1 amide bonds. The molecule has 0 aromatic heterocycles. The van der Waals surface area contributed by atoms with Gasteiger partial charge in [-0.25, -0.2) is 4.79 Å². The third-order valence-electron chi connectivity index (χ3n) is 3.96. The molecule has 0 radical (unpaired) electrons. The number of esters is 1. The van der Waals surface area contributed by atoms with E-state index in [4.69, 9.17) is 14.2 Å². The summed E-state index contributed by atoms with van der Waals surface area (Å²) in [6.07, 6.45) is 3.23. The Kier molecular flexibility index (Phi) is 6.71. The summed E-state index contributed by atoms with van der Waals surface area (Å²) in [6.45, 7) is 3.11. The lowest BCUT2D eigenvalue weighted by Gasteiger charge is -2.19. The molecule has 0 spiro atoms. The van der Waals surface area contributed by atoms with Crippen molar-refractivity contribution in [3.63, 3.8) is 0 Å². The van der Waals surface area contributed by atoms with Gasteiger partial charge in [0.1, 0.15) is 13.2 Å². The number of hydrogen-bond acceptors (Lipinski definition) is 5. The highest BCUT2D eigenvalue weighted by molar-refractivity contribution is 9.10. The summed E-state index contributed by atoms with van der Waals surface area (Å²) in [5, 5.41) is 2.86. The van der Waals surface area contributed by atoms with Crippen LogP contribution in [0.15, 0.2) is 46.9 Å². The lowest BCUT2D eigenvalue weighted by molar-refractivity contribution is -0.137. The van der Waals surface area contributed by atoms with Crippen molar-refractivity contribution in [2.75, 3.05) is 25.1 Å². The van der Waals surface area contributed by atoms with Crippen molar-refractivity contribution < 1.29 is 23.8 Å².